The SMILES string of the molecule is Nc1cc(-c2ccc3[nH]c(=O)oc3c2)[nH]n1. The number of aromatic amines is 2. The molecule has 0 radical (unpaired) electrons. The van der Waals surface area contributed by atoms with Crippen LogP contribution in [0.1, 0.15) is 0 Å². The smallest absolute Gasteiger partial charge is 0.408 e. The number of hydrogen-bond acceptors (Lipinski definition) is 4. The second kappa shape index (κ2) is 2.99. The predicted octanol–water partition coefficient (Wildman–Crippen LogP) is 1.09. The number of nitrogen functional groups attached to an aromatic ring is 1. The Kier molecular flexibility index (Phi) is 1.64. The zero-order valence-electron chi connectivity index (χ0n) is 8.15. The summed E-state index contributed by atoms with van der Waals surface area (Å²) < 4.78 is 4.96. The maximum absolute atomic E-state index is 11.0. The fourth-order valence-corrected chi connectivity index (χ4v) is 1.60. The van der Waals surface area contributed by atoms with Gasteiger partial charge in [0.15, 0.2) is 5.58 Å². The van der Waals surface area contributed by atoms with Crippen molar-refractivity contribution in [2.75, 3.05) is 5.73 Å². The van der Waals surface area contributed by atoms with Crippen molar-refractivity contribution >= 4 is 16.9 Å². The monoisotopic (exact) mass is 216 g/mol. The molecular formula is C10H8N4O2. The molecule has 3 rings (SSSR count). The van der Waals surface area contributed by atoms with Crippen LogP contribution in [-0.2, 0) is 0 Å². The summed E-state index contributed by atoms with van der Waals surface area (Å²) in [7, 11) is 0. The van der Waals surface area contributed by atoms with E-state index in [2.05, 4.69) is 15.2 Å². The molecule has 0 bridgehead atoms. The van der Waals surface area contributed by atoms with Gasteiger partial charge in [-0.05, 0) is 12.1 Å². The second-order valence-electron chi connectivity index (χ2n) is 3.43. The Morgan fingerprint density at radius 1 is 1.31 bits per heavy atom. The van der Waals surface area contributed by atoms with Crippen LogP contribution < -0.4 is 11.5 Å². The van der Waals surface area contributed by atoms with Gasteiger partial charge in [-0.25, -0.2) is 4.79 Å². The first-order chi connectivity index (χ1) is 7.72. The van der Waals surface area contributed by atoms with E-state index in [-0.39, 0.29) is 0 Å². The molecule has 0 aliphatic carbocycles. The van der Waals surface area contributed by atoms with Crippen molar-refractivity contribution in [3.8, 4) is 11.3 Å². The average molecular weight is 216 g/mol. The minimum atomic E-state index is -0.462. The Morgan fingerprint density at radius 2 is 2.19 bits per heavy atom. The summed E-state index contributed by atoms with van der Waals surface area (Å²) in [4.78, 5) is 13.5. The third-order valence-electron chi connectivity index (χ3n) is 2.33. The number of H-pyrrole nitrogens is 2. The van der Waals surface area contributed by atoms with Crippen molar-refractivity contribution < 1.29 is 4.42 Å². The number of nitrogens with one attached hydrogen (secondary N) is 2. The van der Waals surface area contributed by atoms with Gasteiger partial charge in [0.1, 0.15) is 5.82 Å². The maximum Gasteiger partial charge on any atom is 0.417 e. The first-order valence-electron chi connectivity index (χ1n) is 4.66. The summed E-state index contributed by atoms with van der Waals surface area (Å²) in [6.45, 7) is 0. The van der Waals surface area contributed by atoms with Gasteiger partial charge in [0.2, 0.25) is 0 Å². The van der Waals surface area contributed by atoms with Crippen LogP contribution in [-0.4, -0.2) is 15.2 Å². The van der Waals surface area contributed by atoms with Crippen LogP contribution >= 0.6 is 0 Å². The minimum Gasteiger partial charge on any atom is -0.408 e. The summed E-state index contributed by atoms with van der Waals surface area (Å²) in [5.74, 6) is -0.0399. The van der Waals surface area contributed by atoms with Crippen molar-refractivity contribution in [3.63, 3.8) is 0 Å². The zero-order valence-corrected chi connectivity index (χ0v) is 8.15. The highest BCUT2D eigenvalue weighted by atomic mass is 16.4. The molecular weight excluding hydrogens is 208 g/mol. The van der Waals surface area contributed by atoms with Crippen LogP contribution in [0.3, 0.4) is 0 Å². The third-order valence-corrected chi connectivity index (χ3v) is 2.33. The number of aromatic nitrogens is 3. The largest absolute Gasteiger partial charge is 0.417 e. The molecule has 0 aliphatic heterocycles. The van der Waals surface area contributed by atoms with Crippen LogP contribution in [0.2, 0.25) is 0 Å². The molecule has 6 heteroatoms. The summed E-state index contributed by atoms with van der Waals surface area (Å²) in [5, 5.41) is 6.62. The number of nitrogens with zero attached hydrogens (tertiary/aromatic N) is 1. The van der Waals surface area contributed by atoms with E-state index in [4.69, 9.17) is 10.2 Å². The molecule has 0 aliphatic rings. The lowest BCUT2D eigenvalue weighted by Crippen LogP contribution is -1.92. The van der Waals surface area contributed by atoms with E-state index in [1.165, 1.54) is 0 Å². The Hall–Kier alpha value is -2.50. The molecule has 2 aromatic heterocycles. The molecule has 0 saturated heterocycles. The van der Waals surface area contributed by atoms with Crippen molar-refractivity contribution in [1.29, 1.82) is 0 Å². The normalized spacial score (nSPS) is 11.0. The molecule has 0 saturated carbocycles. The van der Waals surface area contributed by atoms with Crippen LogP contribution in [0.15, 0.2) is 33.5 Å². The lowest BCUT2D eigenvalue weighted by atomic mass is 10.1. The number of nitrogens with two attached hydrogens (primary N) is 1. The van der Waals surface area contributed by atoms with Gasteiger partial charge in [0.25, 0.3) is 0 Å². The lowest BCUT2D eigenvalue weighted by molar-refractivity contribution is 0.555. The molecule has 2 heterocycles. The van der Waals surface area contributed by atoms with Crippen LogP contribution in [0.4, 0.5) is 5.82 Å². The fraction of sp³-hybridized carbons (Fsp3) is 0. The number of benzene rings is 1. The Labute approximate surface area is 89.1 Å². The first-order valence-corrected chi connectivity index (χ1v) is 4.66. The van der Waals surface area contributed by atoms with Crippen molar-refractivity contribution in [1.82, 2.24) is 15.2 Å². The molecule has 3 aromatic rings. The van der Waals surface area contributed by atoms with E-state index >= 15 is 0 Å². The summed E-state index contributed by atoms with van der Waals surface area (Å²) in [6.07, 6.45) is 0. The Morgan fingerprint density at radius 3 is 2.94 bits per heavy atom. The molecule has 6 nitrogen and oxygen atoms in total. The molecule has 0 unspecified atom stereocenters. The highest BCUT2D eigenvalue weighted by molar-refractivity contribution is 5.79. The van der Waals surface area contributed by atoms with Crippen molar-refractivity contribution in [2.24, 2.45) is 0 Å². The van der Waals surface area contributed by atoms with Gasteiger partial charge in [-0.15, -0.1) is 0 Å². The van der Waals surface area contributed by atoms with Crippen LogP contribution in [0, 0.1) is 0 Å². The second-order valence-corrected chi connectivity index (χ2v) is 3.43. The number of rotatable bonds is 1. The average Bonchev–Trinajstić information content (AvgIpc) is 2.81. The molecule has 16 heavy (non-hydrogen) atoms. The minimum absolute atomic E-state index is 0.422. The van der Waals surface area contributed by atoms with Gasteiger partial charge < -0.3 is 10.2 Å². The Bertz CT molecular complexity index is 707. The fourth-order valence-electron chi connectivity index (χ4n) is 1.60. The standard InChI is InChI=1S/C10H8N4O2/c11-9-4-7(13-14-9)5-1-2-6-8(3-5)16-10(15)12-6/h1-4H,(H,12,15)(H3,11,13,14). The molecule has 0 amide bonds. The van der Waals surface area contributed by atoms with Gasteiger partial charge in [0, 0.05) is 11.6 Å². The first kappa shape index (κ1) is 8.78. The van der Waals surface area contributed by atoms with E-state index in [0.29, 0.717) is 16.9 Å². The molecule has 1 aromatic carbocycles. The summed E-state index contributed by atoms with van der Waals surface area (Å²) in [6, 6.07) is 7.08. The quantitative estimate of drug-likeness (QED) is 0.566. The molecule has 0 fully saturated rings. The van der Waals surface area contributed by atoms with Gasteiger partial charge in [-0.2, -0.15) is 5.10 Å². The van der Waals surface area contributed by atoms with Crippen LogP contribution in [0.25, 0.3) is 22.4 Å². The molecule has 80 valence electrons. The topological polar surface area (TPSA) is 101 Å². The highest BCUT2D eigenvalue weighted by Crippen LogP contribution is 2.22. The maximum atomic E-state index is 11.0. The number of fused-ring (bicyclic) bond motifs is 1. The third kappa shape index (κ3) is 1.28. The van der Waals surface area contributed by atoms with E-state index in [1.54, 1.807) is 18.2 Å². The van der Waals surface area contributed by atoms with Crippen LogP contribution in [0.5, 0.6) is 0 Å². The van der Waals surface area contributed by atoms with Gasteiger partial charge in [-0.3, -0.25) is 10.1 Å². The van der Waals surface area contributed by atoms with E-state index in [0.717, 1.165) is 11.3 Å². The van der Waals surface area contributed by atoms with Gasteiger partial charge in [0.05, 0.1) is 11.2 Å². The lowest BCUT2D eigenvalue weighted by Gasteiger charge is -1.95. The predicted molar refractivity (Wildman–Crippen MR) is 58.8 cm³/mol. The van der Waals surface area contributed by atoms with E-state index < -0.39 is 5.76 Å². The number of oxazole rings is 1. The summed E-state index contributed by atoms with van der Waals surface area (Å²) >= 11 is 0. The highest BCUT2D eigenvalue weighted by Gasteiger charge is 2.05. The van der Waals surface area contributed by atoms with Crippen molar-refractivity contribution in [3.05, 3.63) is 34.8 Å². The molecule has 0 spiro atoms. The Balaban J connectivity index is 2.21. The van der Waals surface area contributed by atoms with Crippen molar-refractivity contribution in [2.45, 2.75) is 0 Å². The van der Waals surface area contributed by atoms with Gasteiger partial charge >= 0.3 is 5.76 Å². The number of hydrogen-bond donors (Lipinski definition) is 3. The van der Waals surface area contributed by atoms with E-state index in [9.17, 15) is 4.79 Å². The summed E-state index contributed by atoms with van der Waals surface area (Å²) in [5.41, 5.74) is 8.33. The molecule has 0 atom stereocenters. The van der Waals surface area contributed by atoms with Gasteiger partial charge in [-0.1, -0.05) is 6.07 Å². The molecule has 4 N–H and O–H groups in total. The van der Waals surface area contributed by atoms with E-state index in [1.807, 2.05) is 6.07 Å². The number of anilines is 1. The zero-order chi connectivity index (χ0) is 11.1.